The molecule has 1 aromatic heterocycles. The van der Waals surface area contributed by atoms with E-state index in [0.717, 1.165) is 25.9 Å². The number of carbonyl (C=O) groups is 1. The van der Waals surface area contributed by atoms with Crippen LogP contribution in [0.15, 0.2) is 18.5 Å². The highest BCUT2D eigenvalue weighted by Gasteiger charge is 2.22. The zero-order valence-electron chi connectivity index (χ0n) is 11.3. The molecule has 2 atom stereocenters. The van der Waals surface area contributed by atoms with Gasteiger partial charge in [-0.05, 0) is 25.5 Å². The van der Waals surface area contributed by atoms with Crippen LogP contribution in [0.25, 0.3) is 0 Å². The minimum absolute atomic E-state index is 0.0175. The molecular formula is C13H22N4O2. The minimum atomic E-state index is -0.434. The monoisotopic (exact) mass is 266 g/mol. The van der Waals surface area contributed by atoms with Crippen molar-refractivity contribution < 1.29 is 9.90 Å². The van der Waals surface area contributed by atoms with Crippen molar-refractivity contribution in [2.45, 2.75) is 38.5 Å². The molecule has 1 fully saturated rings. The number of amides is 1. The second-order valence-electron chi connectivity index (χ2n) is 5.18. The number of likely N-dealkylation sites (tertiary alicyclic amines) is 1. The molecule has 0 unspecified atom stereocenters. The van der Waals surface area contributed by atoms with Gasteiger partial charge in [-0.15, -0.1) is 0 Å². The second-order valence-corrected chi connectivity index (χ2v) is 5.18. The van der Waals surface area contributed by atoms with E-state index in [4.69, 9.17) is 0 Å². The Morgan fingerprint density at radius 1 is 1.58 bits per heavy atom. The molecule has 0 bridgehead atoms. The maximum Gasteiger partial charge on any atom is 0.217 e. The molecule has 1 aromatic rings. The van der Waals surface area contributed by atoms with Crippen LogP contribution in [0, 0.1) is 0 Å². The van der Waals surface area contributed by atoms with Crippen molar-refractivity contribution in [1.29, 1.82) is 0 Å². The molecule has 0 spiro atoms. The standard InChI is InChI=1S/C13H22N4O2/c1-11(18)15-12-4-2-6-16(8-12)9-13(19)10-17-7-3-5-14-17/h3,5,7,12-13,19H,2,4,6,8-10H2,1H3,(H,15,18)/t12-,13+/m1/s1. The number of aliphatic hydroxyl groups is 1. The van der Waals surface area contributed by atoms with E-state index in [1.54, 1.807) is 17.8 Å². The number of rotatable bonds is 5. The third-order valence-electron chi connectivity index (χ3n) is 3.34. The summed E-state index contributed by atoms with van der Waals surface area (Å²) >= 11 is 0. The predicted molar refractivity (Wildman–Crippen MR) is 71.5 cm³/mol. The summed E-state index contributed by atoms with van der Waals surface area (Å²) in [7, 11) is 0. The van der Waals surface area contributed by atoms with Gasteiger partial charge < -0.3 is 10.4 Å². The van der Waals surface area contributed by atoms with Crippen LogP contribution in [0.3, 0.4) is 0 Å². The first-order valence-electron chi connectivity index (χ1n) is 6.78. The quantitative estimate of drug-likeness (QED) is 0.777. The highest BCUT2D eigenvalue weighted by atomic mass is 16.3. The lowest BCUT2D eigenvalue weighted by Gasteiger charge is -2.34. The van der Waals surface area contributed by atoms with Crippen molar-refractivity contribution in [2.24, 2.45) is 0 Å². The number of β-amino-alcohol motifs (C(OH)–C–C–N with tert-alkyl or cyclic N) is 1. The molecular weight excluding hydrogens is 244 g/mol. The summed E-state index contributed by atoms with van der Waals surface area (Å²) in [5.74, 6) is 0.0175. The first kappa shape index (κ1) is 14.0. The van der Waals surface area contributed by atoms with Crippen LogP contribution in [0.1, 0.15) is 19.8 Å². The summed E-state index contributed by atoms with van der Waals surface area (Å²) in [5.41, 5.74) is 0. The van der Waals surface area contributed by atoms with Crippen LogP contribution >= 0.6 is 0 Å². The smallest absolute Gasteiger partial charge is 0.217 e. The number of nitrogens with zero attached hydrogens (tertiary/aromatic N) is 3. The van der Waals surface area contributed by atoms with Crippen molar-refractivity contribution in [1.82, 2.24) is 20.0 Å². The molecule has 0 aromatic carbocycles. The molecule has 2 rings (SSSR count). The summed E-state index contributed by atoms with van der Waals surface area (Å²) in [6, 6.07) is 2.06. The van der Waals surface area contributed by atoms with E-state index in [-0.39, 0.29) is 11.9 Å². The zero-order chi connectivity index (χ0) is 13.7. The Bertz CT molecular complexity index is 393. The van der Waals surface area contributed by atoms with Gasteiger partial charge in [-0.3, -0.25) is 14.4 Å². The van der Waals surface area contributed by atoms with Crippen LogP contribution in [0.5, 0.6) is 0 Å². The van der Waals surface area contributed by atoms with Gasteiger partial charge in [-0.2, -0.15) is 5.10 Å². The number of nitrogens with one attached hydrogen (secondary N) is 1. The Hall–Kier alpha value is -1.40. The van der Waals surface area contributed by atoms with E-state index in [9.17, 15) is 9.90 Å². The van der Waals surface area contributed by atoms with Crippen LogP contribution in [0.2, 0.25) is 0 Å². The van der Waals surface area contributed by atoms with Gasteiger partial charge in [0.1, 0.15) is 0 Å². The molecule has 6 nitrogen and oxygen atoms in total. The number of aliphatic hydroxyl groups excluding tert-OH is 1. The Morgan fingerprint density at radius 2 is 2.42 bits per heavy atom. The van der Waals surface area contributed by atoms with Gasteiger partial charge in [0.2, 0.25) is 5.91 Å². The lowest BCUT2D eigenvalue weighted by molar-refractivity contribution is -0.120. The van der Waals surface area contributed by atoms with E-state index in [0.29, 0.717) is 13.1 Å². The van der Waals surface area contributed by atoms with Gasteiger partial charge in [0.25, 0.3) is 0 Å². The third-order valence-corrected chi connectivity index (χ3v) is 3.34. The Morgan fingerprint density at radius 3 is 3.11 bits per heavy atom. The van der Waals surface area contributed by atoms with Gasteiger partial charge in [0.15, 0.2) is 0 Å². The largest absolute Gasteiger partial charge is 0.390 e. The molecule has 6 heteroatoms. The fourth-order valence-electron chi connectivity index (χ4n) is 2.61. The summed E-state index contributed by atoms with van der Waals surface area (Å²) < 4.78 is 1.74. The molecule has 106 valence electrons. The Balaban J connectivity index is 1.76. The third kappa shape index (κ3) is 4.65. The van der Waals surface area contributed by atoms with E-state index in [1.165, 1.54) is 0 Å². The molecule has 0 aliphatic carbocycles. The lowest BCUT2D eigenvalue weighted by Crippen LogP contribution is -2.49. The zero-order valence-corrected chi connectivity index (χ0v) is 11.3. The maximum atomic E-state index is 11.1. The summed E-state index contributed by atoms with van der Waals surface area (Å²) in [5, 5.41) is 17.1. The van der Waals surface area contributed by atoms with E-state index >= 15 is 0 Å². The predicted octanol–water partition coefficient (Wildman–Crippen LogP) is -0.155. The van der Waals surface area contributed by atoms with Crippen LogP contribution in [0.4, 0.5) is 0 Å². The molecule has 1 aliphatic rings. The van der Waals surface area contributed by atoms with Crippen LogP contribution < -0.4 is 5.32 Å². The molecule has 1 amide bonds. The van der Waals surface area contributed by atoms with Crippen LogP contribution in [-0.4, -0.2) is 57.5 Å². The molecule has 2 N–H and O–H groups in total. The number of piperidine rings is 1. The molecule has 0 saturated carbocycles. The molecule has 1 saturated heterocycles. The molecule has 1 aliphatic heterocycles. The van der Waals surface area contributed by atoms with Gasteiger partial charge >= 0.3 is 0 Å². The number of hydrogen-bond acceptors (Lipinski definition) is 4. The highest BCUT2D eigenvalue weighted by Crippen LogP contribution is 2.10. The number of hydrogen-bond donors (Lipinski definition) is 2. The van der Waals surface area contributed by atoms with Gasteiger partial charge in [0, 0.05) is 38.4 Å². The summed E-state index contributed by atoms with van der Waals surface area (Å²) in [6.07, 6.45) is 5.20. The van der Waals surface area contributed by atoms with Crippen LogP contribution in [-0.2, 0) is 11.3 Å². The maximum absolute atomic E-state index is 11.1. The van der Waals surface area contributed by atoms with Gasteiger partial charge in [0.05, 0.1) is 12.6 Å². The molecule has 0 radical (unpaired) electrons. The van der Waals surface area contributed by atoms with Crippen molar-refractivity contribution >= 4 is 5.91 Å². The normalized spacial score (nSPS) is 22.1. The summed E-state index contributed by atoms with van der Waals surface area (Å²) in [4.78, 5) is 13.3. The summed E-state index contributed by atoms with van der Waals surface area (Å²) in [6.45, 7) is 4.47. The minimum Gasteiger partial charge on any atom is -0.390 e. The SMILES string of the molecule is CC(=O)N[C@@H]1CCCN(C[C@H](O)Cn2cccn2)C1. The molecule has 2 heterocycles. The average molecular weight is 266 g/mol. The number of carbonyl (C=O) groups excluding carboxylic acids is 1. The van der Waals surface area contributed by atoms with Crippen molar-refractivity contribution in [2.75, 3.05) is 19.6 Å². The Labute approximate surface area is 113 Å². The fraction of sp³-hybridized carbons (Fsp3) is 0.692. The molecule has 19 heavy (non-hydrogen) atoms. The van der Waals surface area contributed by atoms with E-state index < -0.39 is 6.10 Å². The van der Waals surface area contributed by atoms with Crippen molar-refractivity contribution in [3.63, 3.8) is 0 Å². The lowest BCUT2D eigenvalue weighted by atomic mass is 10.1. The van der Waals surface area contributed by atoms with Gasteiger partial charge in [-0.25, -0.2) is 0 Å². The fourth-order valence-corrected chi connectivity index (χ4v) is 2.61. The highest BCUT2D eigenvalue weighted by molar-refractivity contribution is 5.73. The van der Waals surface area contributed by atoms with Crippen molar-refractivity contribution in [3.8, 4) is 0 Å². The topological polar surface area (TPSA) is 70.4 Å². The van der Waals surface area contributed by atoms with Crippen molar-refractivity contribution in [3.05, 3.63) is 18.5 Å². The second kappa shape index (κ2) is 6.68. The number of aromatic nitrogens is 2. The van der Waals surface area contributed by atoms with E-state index in [2.05, 4.69) is 15.3 Å². The average Bonchev–Trinajstić information content (AvgIpc) is 2.81. The first-order chi connectivity index (χ1) is 9.13. The van der Waals surface area contributed by atoms with E-state index in [1.807, 2.05) is 12.3 Å². The Kier molecular flexibility index (Phi) is 4.93. The first-order valence-corrected chi connectivity index (χ1v) is 6.78. The van der Waals surface area contributed by atoms with Gasteiger partial charge in [-0.1, -0.05) is 0 Å².